The Kier molecular flexibility index (Phi) is 4.66. The third-order valence-corrected chi connectivity index (χ3v) is 1.14. The number of hydrogen-bond acceptors (Lipinski definition) is 2. The molecule has 0 rings (SSSR count). The third kappa shape index (κ3) is 3.29. The summed E-state index contributed by atoms with van der Waals surface area (Å²) in [5, 5.41) is 0. The lowest BCUT2D eigenvalue weighted by Crippen LogP contribution is -2.37. The zero-order valence-electron chi connectivity index (χ0n) is 6.46. The minimum atomic E-state index is -0.434. The predicted molar refractivity (Wildman–Crippen MR) is 38.5 cm³/mol. The fourth-order valence-electron chi connectivity index (χ4n) is 0.512. The largest absolute Gasteiger partial charge is 0.361 e. The fraction of sp³-hybridized carbons (Fsp3) is 0.833. The van der Waals surface area contributed by atoms with E-state index >= 15 is 0 Å². The van der Waals surface area contributed by atoms with E-state index in [0.29, 0.717) is 19.9 Å². The van der Waals surface area contributed by atoms with Gasteiger partial charge in [-0.25, -0.2) is 4.79 Å². The molecule has 0 radical (unpaired) electrons. The summed E-state index contributed by atoms with van der Waals surface area (Å²) in [5.41, 5.74) is 4.99. The van der Waals surface area contributed by atoms with Gasteiger partial charge in [0.15, 0.2) is 0 Å². The Hall–Kier alpha value is -0.770. The van der Waals surface area contributed by atoms with Crippen molar-refractivity contribution in [1.29, 1.82) is 0 Å². The van der Waals surface area contributed by atoms with Gasteiger partial charge in [-0.2, -0.15) is 0 Å². The molecular weight excluding hydrogens is 132 g/mol. The molecule has 0 unspecified atom stereocenters. The zero-order valence-corrected chi connectivity index (χ0v) is 6.46. The van der Waals surface area contributed by atoms with E-state index in [1.165, 1.54) is 4.90 Å². The first-order valence-corrected chi connectivity index (χ1v) is 3.34. The van der Waals surface area contributed by atoms with Crippen LogP contribution in [0.15, 0.2) is 0 Å². The zero-order chi connectivity index (χ0) is 7.98. The van der Waals surface area contributed by atoms with Crippen LogP contribution in [0.3, 0.4) is 0 Å². The van der Waals surface area contributed by atoms with Crippen molar-refractivity contribution in [2.75, 3.05) is 19.9 Å². The molecule has 0 heterocycles. The van der Waals surface area contributed by atoms with Gasteiger partial charge in [-0.1, -0.05) is 0 Å². The van der Waals surface area contributed by atoms with Crippen molar-refractivity contribution in [2.45, 2.75) is 13.8 Å². The van der Waals surface area contributed by atoms with Crippen molar-refractivity contribution in [3.8, 4) is 0 Å². The van der Waals surface area contributed by atoms with E-state index in [4.69, 9.17) is 10.5 Å². The molecule has 0 fully saturated rings. The molecule has 0 atom stereocenters. The molecule has 60 valence electrons. The van der Waals surface area contributed by atoms with Crippen LogP contribution in [0.2, 0.25) is 0 Å². The first-order chi connectivity index (χ1) is 4.72. The predicted octanol–water partition coefficient (Wildman–Crippen LogP) is 0.381. The second-order valence-electron chi connectivity index (χ2n) is 1.82. The van der Waals surface area contributed by atoms with E-state index in [-0.39, 0.29) is 0 Å². The molecule has 10 heavy (non-hydrogen) atoms. The number of urea groups is 1. The highest BCUT2D eigenvalue weighted by Gasteiger charge is 2.04. The minimum absolute atomic E-state index is 0.294. The van der Waals surface area contributed by atoms with Crippen LogP contribution < -0.4 is 5.73 Å². The van der Waals surface area contributed by atoms with Crippen molar-refractivity contribution in [2.24, 2.45) is 5.73 Å². The number of amides is 2. The second kappa shape index (κ2) is 5.05. The van der Waals surface area contributed by atoms with Crippen molar-refractivity contribution >= 4 is 6.03 Å². The van der Waals surface area contributed by atoms with Crippen LogP contribution in [-0.4, -0.2) is 30.8 Å². The highest BCUT2D eigenvalue weighted by atomic mass is 16.5. The molecule has 0 aliphatic carbocycles. The van der Waals surface area contributed by atoms with E-state index in [1.807, 2.05) is 13.8 Å². The lowest BCUT2D eigenvalue weighted by atomic mass is 10.6. The normalized spacial score (nSPS) is 9.40. The standard InChI is InChI=1S/C6H14N2O2/c1-3-8(6(7)9)5-10-4-2/h3-5H2,1-2H3,(H2,7,9). The number of carbonyl (C=O) groups is 1. The maximum Gasteiger partial charge on any atom is 0.316 e. The number of primary amides is 1. The molecular formula is C6H14N2O2. The highest BCUT2D eigenvalue weighted by Crippen LogP contribution is 1.86. The van der Waals surface area contributed by atoms with Crippen LogP contribution in [-0.2, 0) is 4.74 Å². The molecule has 0 bridgehead atoms. The molecule has 0 aromatic carbocycles. The average Bonchev–Trinajstić information content (AvgIpc) is 1.89. The Morgan fingerprint density at radius 2 is 2.20 bits per heavy atom. The van der Waals surface area contributed by atoms with E-state index in [1.54, 1.807) is 0 Å². The van der Waals surface area contributed by atoms with Crippen LogP contribution in [0.25, 0.3) is 0 Å². The topological polar surface area (TPSA) is 55.6 Å². The lowest BCUT2D eigenvalue weighted by molar-refractivity contribution is 0.0602. The van der Waals surface area contributed by atoms with Crippen molar-refractivity contribution < 1.29 is 9.53 Å². The van der Waals surface area contributed by atoms with Gasteiger partial charge in [-0.15, -0.1) is 0 Å². The molecule has 0 aromatic rings. The van der Waals surface area contributed by atoms with Gasteiger partial charge < -0.3 is 15.4 Å². The summed E-state index contributed by atoms with van der Waals surface area (Å²) in [4.78, 5) is 11.9. The van der Waals surface area contributed by atoms with Crippen LogP contribution >= 0.6 is 0 Å². The summed E-state index contributed by atoms with van der Waals surface area (Å²) in [6, 6.07) is -0.434. The Morgan fingerprint density at radius 1 is 1.60 bits per heavy atom. The average molecular weight is 146 g/mol. The number of nitrogens with two attached hydrogens (primary N) is 1. The number of nitrogens with zero attached hydrogens (tertiary/aromatic N) is 1. The molecule has 0 aliphatic rings. The van der Waals surface area contributed by atoms with E-state index in [9.17, 15) is 4.79 Å². The summed E-state index contributed by atoms with van der Waals surface area (Å²) < 4.78 is 4.97. The molecule has 0 saturated carbocycles. The Morgan fingerprint density at radius 3 is 2.50 bits per heavy atom. The number of hydrogen-bond donors (Lipinski definition) is 1. The van der Waals surface area contributed by atoms with Crippen molar-refractivity contribution in [3.05, 3.63) is 0 Å². The molecule has 4 nitrogen and oxygen atoms in total. The molecule has 0 spiro atoms. The molecule has 0 aliphatic heterocycles. The fourth-order valence-corrected chi connectivity index (χ4v) is 0.512. The van der Waals surface area contributed by atoms with Crippen LogP contribution in [0.5, 0.6) is 0 Å². The van der Waals surface area contributed by atoms with Gasteiger partial charge in [0.1, 0.15) is 6.73 Å². The van der Waals surface area contributed by atoms with Crippen LogP contribution in [0.4, 0.5) is 4.79 Å². The van der Waals surface area contributed by atoms with Gasteiger partial charge in [0.2, 0.25) is 0 Å². The van der Waals surface area contributed by atoms with E-state index < -0.39 is 6.03 Å². The Labute approximate surface area is 60.9 Å². The van der Waals surface area contributed by atoms with Gasteiger partial charge in [0.25, 0.3) is 0 Å². The van der Waals surface area contributed by atoms with Gasteiger partial charge in [0.05, 0.1) is 0 Å². The maximum absolute atomic E-state index is 10.5. The van der Waals surface area contributed by atoms with Gasteiger partial charge in [0, 0.05) is 13.2 Å². The first kappa shape index (κ1) is 9.23. The van der Waals surface area contributed by atoms with E-state index in [2.05, 4.69) is 0 Å². The second-order valence-corrected chi connectivity index (χ2v) is 1.82. The van der Waals surface area contributed by atoms with Crippen molar-refractivity contribution in [3.63, 3.8) is 0 Å². The monoisotopic (exact) mass is 146 g/mol. The molecule has 0 aromatic heterocycles. The van der Waals surface area contributed by atoms with Crippen LogP contribution in [0, 0.1) is 0 Å². The molecule has 0 saturated heterocycles. The van der Waals surface area contributed by atoms with Gasteiger partial charge >= 0.3 is 6.03 Å². The number of carbonyl (C=O) groups excluding carboxylic acids is 1. The number of ether oxygens (including phenoxy) is 1. The minimum Gasteiger partial charge on any atom is -0.361 e. The van der Waals surface area contributed by atoms with Crippen LogP contribution in [0.1, 0.15) is 13.8 Å². The Bertz CT molecular complexity index is 106. The Balaban J connectivity index is 3.50. The van der Waals surface area contributed by atoms with Crippen molar-refractivity contribution in [1.82, 2.24) is 4.90 Å². The summed E-state index contributed by atoms with van der Waals surface area (Å²) in [5.74, 6) is 0. The van der Waals surface area contributed by atoms with Gasteiger partial charge in [-0.05, 0) is 13.8 Å². The summed E-state index contributed by atoms with van der Waals surface area (Å²) in [7, 11) is 0. The lowest BCUT2D eigenvalue weighted by Gasteiger charge is -2.16. The SMILES string of the molecule is CCOCN(CC)C(N)=O. The van der Waals surface area contributed by atoms with Gasteiger partial charge in [-0.3, -0.25) is 0 Å². The summed E-state index contributed by atoms with van der Waals surface area (Å²) >= 11 is 0. The first-order valence-electron chi connectivity index (χ1n) is 3.34. The summed E-state index contributed by atoms with van der Waals surface area (Å²) in [6.07, 6.45) is 0. The molecule has 2 amide bonds. The highest BCUT2D eigenvalue weighted by molar-refractivity contribution is 5.71. The smallest absolute Gasteiger partial charge is 0.316 e. The summed E-state index contributed by atoms with van der Waals surface area (Å²) in [6.45, 7) is 5.21. The third-order valence-electron chi connectivity index (χ3n) is 1.14. The maximum atomic E-state index is 10.5. The molecule has 4 heteroatoms. The molecule has 2 N–H and O–H groups in total. The quantitative estimate of drug-likeness (QED) is 0.583. The number of rotatable bonds is 4. The van der Waals surface area contributed by atoms with E-state index in [0.717, 1.165) is 0 Å².